The first-order valence-corrected chi connectivity index (χ1v) is 10.3. The fourth-order valence-corrected chi connectivity index (χ4v) is 4.60. The van der Waals surface area contributed by atoms with Gasteiger partial charge in [-0.25, -0.2) is 4.79 Å². The van der Waals surface area contributed by atoms with Gasteiger partial charge in [0.1, 0.15) is 5.75 Å². The molecule has 0 spiro atoms. The fourth-order valence-electron chi connectivity index (χ4n) is 4.39. The number of nitrogens with zero attached hydrogens (tertiary/aromatic N) is 2. The van der Waals surface area contributed by atoms with E-state index in [1.54, 1.807) is 6.07 Å². The van der Waals surface area contributed by atoms with Crippen molar-refractivity contribution in [3.05, 3.63) is 27.6 Å². The van der Waals surface area contributed by atoms with Crippen molar-refractivity contribution in [3.63, 3.8) is 0 Å². The predicted octanol–water partition coefficient (Wildman–Crippen LogP) is 4.01. The summed E-state index contributed by atoms with van der Waals surface area (Å²) in [5, 5.41) is 0.527. The van der Waals surface area contributed by atoms with Crippen LogP contribution >= 0.6 is 24.0 Å². The molecule has 0 aliphatic carbocycles. The van der Waals surface area contributed by atoms with Crippen LogP contribution in [-0.2, 0) is 4.74 Å². The van der Waals surface area contributed by atoms with Crippen molar-refractivity contribution in [2.75, 3.05) is 26.3 Å². The lowest BCUT2D eigenvalue weighted by Gasteiger charge is -2.39. The number of fused-ring (bicyclic) bond motifs is 1. The summed E-state index contributed by atoms with van der Waals surface area (Å²) in [6.45, 7) is 7.72. The number of benzene rings is 1. The molecule has 0 radical (unpaired) electrons. The maximum absolute atomic E-state index is 12.7. The minimum absolute atomic E-state index is 0. The van der Waals surface area contributed by atoms with Crippen LogP contribution in [0.2, 0.25) is 5.02 Å². The fraction of sp³-hybridized carbons (Fsp3) is 0.650. The van der Waals surface area contributed by atoms with Crippen LogP contribution in [0.3, 0.4) is 0 Å². The van der Waals surface area contributed by atoms with Crippen molar-refractivity contribution in [2.24, 2.45) is 0 Å². The van der Waals surface area contributed by atoms with E-state index in [1.165, 1.54) is 0 Å². The van der Waals surface area contributed by atoms with E-state index in [9.17, 15) is 4.79 Å². The standard InChI is InChI=1S/C20H28ClN3O3.ClH/c1-13(2)27-19-12-18-17(11-16(19)21)22-20(25)24(18)15-3-7-23(8-4-15)14-5-9-26-10-6-14;/h11-15H,3-10H2,1-2H3,(H,22,25);1H. The molecule has 4 rings (SSSR count). The summed E-state index contributed by atoms with van der Waals surface area (Å²) in [5.74, 6) is 0.631. The van der Waals surface area contributed by atoms with Gasteiger partial charge in [-0.1, -0.05) is 11.6 Å². The monoisotopic (exact) mass is 429 g/mol. The lowest BCUT2D eigenvalue weighted by molar-refractivity contribution is 0.0220. The quantitative estimate of drug-likeness (QED) is 0.797. The van der Waals surface area contributed by atoms with E-state index in [0.29, 0.717) is 16.8 Å². The number of aromatic nitrogens is 2. The van der Waals surface area contributed by atoms with E-state index in [4.69, 9.17) is 21.1 Å². The van der Waals surface area contributed by atoms with Crippen LogP contribution in [0.15, 0.2) is 16.9 Å². The van der Waals surface area contributed by atoms with Gasteiger partial charge >= 0.3 is 5.69 Å². The summed E-state index contributed by atoms with van der Waals surface area (Å²) in [6.07, 6.45) is 4.22. The molecule has 0 saturated carbocycles. The van der Waals surface area contributed by atoms with Crippen molar-refractivity contribution in [3.8, 4) is 5.75 Å². The lowest BCUT2D eigenvalue weighted by Crippen LogP contribution is -2.45. The average molecular weight is 430 g/mol. The highest BCUT2D eigenvalue weighted by Gasteiger charge is 2.28. The van der Waals surface area contributed by atoms with Crippen molar-refractivity contribution in [1.29, 1.82) is 0 Å². The number of ether oxygens (including phenoxy) is 2. The number of rotatable bonds is 4. The molecular formula is C20H29Cl2N3O3. The number of hydrogen-bond acceptors (Lipinski definition) is 4. The largest absolute Gasteiger partial charge is 0.489 e. The number of nitrogens with one attached hydrogen (secondary N) is 1. The summed E-state index contributed by atoms with van der Waals surface area (Å²) in [5.41, 5.74) is 1.59. The first-order valence-electron chi connectivity index (χ1n) is 9.95. The first-order chi connectivity index (χ1) is 13.0. The second-order valence-electron chi connectivity index (χ2n) is 7.88. The molecule has 0 bridgehead atoms. The van der Waals surface area contributed by atoms with Gasteiger partial charge in [0.05, 0.1) is 22.2 Å². The Morgan fingerprint density at radius 3 is 2.46 bits per heavy atom. The second kappa shape index (κ2) is 9.08. The van der Waals surface area contributed by atoms with Crippen LogP contribution in [0.1, 0.15) is 45.6 Å². The molecule has 2 fully saturated rings. The summed E-state index contributed by atoms with van der Waals surface area (Å²) in [7, 11) is 0. The van der Waals surface area contributed by atoms with Gasteiger partial charge in [0.15, 0.2) is 0 Å². The Morgan fingerprint density at radius 2 is 1.82 bits per heavy atom. The molecular weight excluding hydrogens is 401 g/mol. The molecule has 8 heteroatoms. The highest BCUT2D eigenvalue weighted by atomic mass is 35.5. The van der Waals surface area contributed by atoms with E-state index in [0.717, 1.165) is 63.0 Å². The summed E-state index contributed by atoms with van der Waals surface area (Å²) >= 11 is 6.33. The van der Waals surface area contributed by atoms with E-state index >= 15 is 0 Å². The SMILES string of the molecule is CC(C)Oc1cc2c(cc1Cl)[nH]c(=O)n2C1CCN(C2CCOCC2)CC1.Cl. The van der Waals surface area contributed by atoms with Crippen LogP contribution in [0.4, 0.5) is 0 Å². The van der Waals surface area contributed by atoms with Crippen LogP contribution in [0, 0.1) is 0 Å². The molecule has 3 heterocycles. The third-order valence-electron chi connectivity index (χ3n) is 5.70. The summed E-state index contributed by atoms with van der Waals surface area (Å²) < 4.78 is 13.2. The van der Waals surface area contributed by atoms with Gasteiger partial charge in [-0.05, 0) is 45.6 Å². The molecule has 0 amide bonds. The van der Waals surface area contributed by atoms with Crippen LogP contribution in [-0.4, -0.2) is 52.9 Å². The van der Waals surface area contributed by atoms with E-state index in [-0.39, 0.29) is 30.2 Å². The Bertz CT molecular complexity index is 850. The van der Waals surface area contributed by atoms with Crippen molar-refractivity contribution < 1.29 is 9.47 Å². The number of H-pyrrole nitrogens is 1. The third-order valence-corrected chi connectivity index (χ3v) is 6.00. The molecule has 2 aliphatic rings. The second-order valence-corrected chi connectivity index (χ2v) is 8.28. The molecule has 6 nitrogen and oxygen atoms in total. The number of likely N-dealkylation sites (tertiary alicyclic amines) is 1. The molecule has 2 saturated heterocycles. The minimum atomic E-state index is -0.0627. The van der Waals surface area contributed by atoms with Gasteiger partial charge in [0.2, 0.25) is 0 Å². The Labute approximate surface area is 176 Å². The Hall–Kier alpha value is -1.21. The maximum atomic E-state index is 12.7. The van der Waals surface area contributed by atoms with Gasteiger partial charge in [-0.3, -0.25) is 4.57 Å². The molecule has 1 aromatic carbocycles. The Kier molecular flexibility index (Phi) is 6.97. The summed E-state index contributed by atoms with van der Waals surface area (Å²) in [4.78, 5) is 18.2. The molecule has 156 valence electrons. The molecule has 2 aliphatic heterocycles. The number of hydrogen-bond donors (Lipinski definition) is 1. The van der Waals surface area contributed by atoms with E-state index in [2.05, 4.69) is 9.88 Å². The zero-order valence-corrected chi connectivity index (χ0v) is 18.0. The van der Waals surface area contributed by atoms with Crippen molar-refractivity contribution >= 4 is 35.0 Å². The number of aromatic amines is 1. The van der Waals surface area contributed by atoms with Gasteiger partial charge in [0.25, 0.3) is 0 Å². The van der Waals surface area contributed by atoms with Gasteiger partial charge in [-0.2, -0.15) is 0 Å². The molecule has 1 N–H and O–H groups in total. The Balaban J connectivity index is 0.00000225. The zero-order chi connectivity index (χ0) is 19.0. The first kappa shape index (κ1) is 21.5. The van der Waals surface area contributed by atoms with E-state index < -0.39 is 0 Å². The molecule has 28 heavy (non-hydrogen) atoms. The van der Waals surface area contributed by atoms with Gasteiger partial charge in [0, 0.05) is 44.5 Å². The zero-order valence-electron chi connectivity index (χ0n) is 16.4. The molecule has 2 aromatic rings. The van der Waals surface area contributed by atoms with Crippen molar-refractivity contribution in [2.45, 2.75) is 57.7 Å². The summed E-state index contributed by atoms with van der Waals surface area (Å²) in [6, 6.07) is 4.53. The van der Waals surface area contributed by atoms with Crippen LogP contribution in [0.25, 0.3) is 11.0 Å². The van der Waals surface area contributed by atoms with Crippen molar-refractivity contribution in [1.82, 2.24) is 14.5 Å². The number of halogens is 2. The average Bonchev–Trinajstić information content (AvgIpc) is 2.97. The lowest BCUT2D eigenvalue weighted by atomic mass is 9.99. The number of piperidine rings is 1. The minimum Gasteiger partial charge on any atom is -0.489 e. The van der Waals surface area contributed by atoms with Crippen LogP contribution < -0.4 is 10.4 Å². The van der Waals surface area contributed by atoms with E-state index in [1.807, 2.05) is 24.5 Å². The maximum Gasteiger partial charge on any atom is 0.326 e. The number of imidazole rings is 1. The normalized spacial score (nSPS) is 19.9. The molecule has 0 atom stereocenters. The molecule has 0 unspecified atom stereocenters. The topological polar surface area (TPSA) is 59.5 Å². The van der Waals surface area contributed by atoms with Gasteiger partial charge < -0.3 is 19.4 Å². The highest BCUT2D eigenvalue weighted by molar-refractivity contribution is 6.32. The third kappa shape index (κ3) is 4.35. The molecule has 1 aromatic heterocycles. The van der Waals surface area contributed by atoms with Gasteiger partial charge in [-0.15, -0.1) is 12.4 Å². The smallest absolute Gasteiger partial charge is 0.326 e. The van der Waals surface area contributed by atoms with Crippen LogP contribution in [0.5, 0.6) is 5.75 Å². The highest BCUT2D eigenvalue weighted by Crippen LogP contribution is 2.33. The Morgan fingerprint density at radius 1 is 1.14 bits per heavy atom. The predicted molar refractivity (Wildman–Crippen MR) is 114 cm³/mol.